The molecule has 1 unspecified atom stereocenters. The number of hydrogen-bond acceptors (Lipinski definition) is 7. The van der Waals surface area contributed by atoms with Crippen molar-refractivity contribution in [3.05, 3.63) is 39.9 Å². The Balaban J connectivity index is 1.59. The number of nitro groups is 1. The molecule has 3 rings (SSSR count). The topological polar surface area (TPSA) is 93.0 Å². The number of amides is 1. The number of fused-ring (bicyclic) bond motifs is 1. The fourth-order valence-electron chi connectivity index (χ4n) is 3.42. The molecule has 0 saturated carbocycles. The summed E-state index contributed by atoms with van der Waals surface area (Å²) in [5.41, 5.74) is 0.669. The lowest BCUT2D eigenvalue weighted by Gasteiger charge is -2.37. The SMILES string of the molecule is CN(C)CCS[C@H]1CC2CC(=O)N2[C@H]1C(=O)OCc1ccc([N+](=O)[O-])cc1. The summed E-state index contributed by atoms with van der Waals surface area (Å²) in [4.78, 5) is 38.6. The summed E-state index contributed by atoms with van der Waals surface area (Å²) in [6.45, 7) is 0.944. The summed E-state index contributed by atoms with van der Waals surface area (Å²) in [6.07, 6.45) is 1.33. The Labute approximate surface area is 162 Å². The molecule has 0 aromatic heterocycles. The minimum Gasteiger partial charge on any atom is -0.459 e. The van der Waals surface area contributed by atoms with Gasteiger partial charge in [0.15, 0.2) is 0 Å². The van der Waals surface area contributed by atoms with Gasteiger partial charge in [0.25, 0.3) is 5.69 Å². The van der Waals surface area contributed by atoms with Gasteiger partial charge in [0.1, 0.15) is 12.6 Å². The van der Waals surface area contributed by atoms with E-state index in [2.05, 4.69) is 4.90 Å². The number of nitro benzene ring substituents is 1. The van der Waals surface area contributed by atoms with Gasteiger partial charge in [-0.3, -0.25) is 14.9 Å². The number of rotatable bonds is 8. The van der Waals surface area contributed by atoms with Crippen LogP contribution in [0.5, 0.6) is 0 Å². The maximum atomic E-state index is 12.7. The zero-order valence-electron chi connectivity index (χ0n) is 15.4. The number of β-lactam (4-membered cyclic amide) rings is 1. The lowest BCUT2D eigenvalue weighted by Crippen LogP contribution is -2.55. The van der Waals surface area contributed by atoms with Gasteiger partial charge in [0.2, 0.25) is 5.91 Å². The molecule has 2 heterocycles. The molecule has 1 aromatic carbocycles. The van der Waals surface area contributed by atoms with Crippen LogP contribution >= 0.6 is 11.8 Å². The predicted octanol–water partition coefficient (Wildman–Crippen LogP) is 1.67. The monoisotopic (exact) mass is 393 g/mol. The molecule has 0 radical (unpaired) electrons. The quantitative estimate of drug-likeness (QED) is 0.287. The Hall–Kier alpha value is -2.13. The molecule has 27 heavy (non-hydrogen) atoms. The maximum absolute atomic E-state index is 12.7. The lowest BCUT2D eigenvalue weighted by atomic mass is 10.0. The van der Waals surface area contributed by atoms with Gasteiger partial charge in [-0.2, -0.15) is 11.8 Å². The van der Waals surface area contributed by atoms with Crippen molar-refractivity contribution in [2.45, 2.75) is 36.8 Å². The van der Waals surface area contributed by atoms with E-state index >= 15 is 0 Å². The van der Waals surface area contributed by atoms with E-state index in [0.717, 1.165) is 18.7 Å². The van der Waals surface area contributed by atoms with Crippen molar-refractivity contribution < 1.29 is 19.2 Å². The van der Waals surface area contributed by atoms with Gasteiger partial charge < -0.3 is 14.5 Å². The van der Waals surface area contributed by atoms with E-state index in [-0.39, 0.29) is 29.5 Å². The third-order valence-corrected chi connectivity index (χ3v) is 6.18. The van der Waals surface area contributed by atoms with Gasteiger partial charge in [-0.25, -0.2) is 4.79 Å². The second-order valence-corrected chi connectivity index (χ2v) is 8.43. The molecule has 3 atom stereocenters. The van der Waals surface area contributed by atoms with E-state index in [1.165, 1.54) is 12.1 Å². The summed E-state index contributed by atoms with van der Waals surface area (Å²) in [7, 11) is 4.00. The first-order valence-corrected chi connectivity index (χ1v) is 9.89. The number of carbonyl (C=O) groups excluding carboxylic acids is 2. The van der Waals surface area contributed by atoms with Gasteiger partial charge >= 0.3 is 5.97 Å². The molecule has 0 aliphatic carbocycles. The molecule has 2 aliphatic heterocycles. The average Bonchev–Trinajstić information content (AvgIpc) is 2.92. The number of thioether (sulfide) groups is 1. The van der Waals surface area contributed by atoms with Crippen LogP contribution in [0.4, 0.5) is 5.69 Å². The summed E-state index contributed by atoms with van der Waals surface area (Å²) in [5.74, 6) is 0.498. The Bertz CT molecular complexity index is 724. The van der Waals surface area contributed by atoms with Crippen LogP contribution in [0.2, 0.25) is 0 Å². The van der Waals surface area contributed by atoms with E-state index in [1.54, 1.807) is 28.8 Å². The molecule has 2 saturated heterocycles. The fourth-order valence-corrected chi connectivity index (χ4v) is 4.97. The Morgan fingerprint density at radius 1 is 1.37 bits per heavy atom. The number of benzene rings is 1. The molecule has 9 heteroatoms. The second-order valence-electron chi connectivity index (χ2n) is 7.08. The zero-order chi connectivity index (χ0) is 19.6. The van der Waals surface area contributed by atoms with Crippen LogP contribution < -0.4 is 0 Å². The van der Waals surface area contributed by atoms with Crippen molar-refractivity contribution >= 4 is 29.3 Å². The highest BCUT2D eigenvalue weighted by Crippen LogP contribution is 2.41. The van der Waals surface area contributed by atoms with Crippen LogP contribution in [0.1, 0.15) is 18.4 Å². The van der Waals surface area contributed by atoms with Crippen molar-refractivity contribution in [1.82, 2.24) is 9.80 Å². The minimum absolute atomic E-state index is 0.00718. The third kappa shape index (κ3) is 4.41. The largest absolute Gasteiger partial charge is 0.459 e. The molecule has 2 fully saturated rings. The number of esters is 1. The number of nitrogens with zero attached hydrogens (tertiary/aromatic N) is 3. The second kappa shape index (κ2) is 8.26. The number of hydrogen-bond donors (Lipinski definition) is 0. The van der Waals surface area contributed by atoms with Crippen molar-refractivity contribution in [2.24, 2.45) is 0 Å². The smallest absolute Gasteiger partial charge is 0.330 e. The Morgan fingerprint density at radius 2 is 2.07 bits per heavy atom. The first-order chi connectivity index (χ1) is 12.9. The summed E-state index contributed by atoms with van der Waals surface area (Å²) in [6, 6.07) is 5.51. The van der Waals surface area contributed by atoms with Crippen LogP contribution in [-0.4, -0.2) is 70.3 Å². The average molecular weight is 393 g/mol. The number of non-ortho nitro benzene ring substituents is 1. The van der Waals surface area contributed by atoms with E-state index in [1.807, 2.05) is 14.1 Å². The predicted molar refractivity (Wildman–Crippen MR) is 101 cm³/mol. The van der Waals surface area contributed by atoms with Crippen molar-refractivity contribution in [3.63, 3.8) is 0 Å². The van der Waals surface area contributed by atoms with E-state index in [0.29, 0.717) is 12.0 Å². The Morgan fingerprint density at radius 3 is 2.67 bits per heavy atom. The lowest BCUT2D eigenvalue weighted by molar-refractivity contribution is -0.384. The van der Waals surface area contributed by atoms with Crippen LogP contribution in [0, 0.1) is 10.1 Å². The van der Waals surface area contributed by atoms with Gasteiger partial charge in [0, 0.05) is 42.1 Å². The Kier molecular flexibility index (Phi) is 6.01. The summed E-state index contributed by atoms with van der Waals surface area (Å²) in [5, 5.41) is 10.7. The molecular weight excluding hydrogens is 370 g/mol. The van der Waals surface area contributed by atoms with Crippen LogP contribution in [0.3, 0.4) is 0 Å². The highest BCUT2D eigenvalue weighted by molar-refractivity contribution is 8.00. The van der Waals surface area contributed by atoms with E-state index < -0.39 is 16.9 Å². The minimum atomic E-state index is -0.540. The highest BCUT2D eigenvalue weighted by atomic mass is 32.2. The molecule has 2 aliphatic rings. The van der Waals surface area contributed by atoms with Gasteiger partial charge in [-0.1, -0.05) is 0 Å². The number of ether oxygens (including phenoxy) is 1. The third-order valence-electron chi connectivity index (χ3n) is 4.89. The molecule has 8 nitrogen and oxygen atoms in total. The summed E-state index contributed by atoms with van der Waals surface area (Å²) >= 11 is 1.71. The maximum Gasteiger partial charge on any atom is 0.330 e. The zero-order valence-corrected chi connectivity index (χ0v) is 16.2. The van der Waals surface area contributed by atoms with Gasteiger partial charge in [-0.15, -0.1) is 0 Å². The molecule has 0 N–H and O–H groups in total. The van der Waals surface area contributed by atoms with E-state index in [4.69, 9.17) is 4.74 Å². The van der Waals surface area contributed by atoms with Crippen LogP contribution in [0.25, 0.3) is 0 Å². The van der Waals surface area contributed by atoms with E-state index in [9.17, 15) is 19.7 Å². The summed E-state index contributed by atoms with van der Waals surface area (Å²) < 4.78 is 5.44. The van der Waals surface area contributed by atoms with Crippen molar-refractivity contribution in [3.8, 4) is 0 Å². The van der Waals surface area contributed by atoms with Crippen molar-refractivity contribution in [2.75, 3.05) is 26.4 Å². The molecule has 1 amide bonds. The molecule has 0 bridgehead atoms. The van der Waals surface area contributed by atoms with Crippen molar-refractivity contribution in [1.29, 1.82) is 0 Å². The van der Waals surface area contributed by atoms with Crippen LogP contribution in [0.15, 0.2) is 24.3 Å². The molecule has 1 aromatic rings. The first kappa shape index (κ1) is 19.6. The van der Waals surface area contributed by atoms with Crippen LogP contribution in [-0.2, 0) is 20.9 Å². The highest BCUT2D eigenvalue weighted by Gasteiger charge is 2.54. The molecular formula is C18H23N3O5S. The standard InChI is InChI=1S/C18H23N3O5S/c1-19(2)7-8-27-15-9-14-10-16(22)20(14)17(15)18(23)26-11-12-3-5-13(6-4-12)21(24)25/h3-6,14-15,17H,7-11H2,1-2H3/t14?,15-,17+/m0/s1. The molecule has 146 valence electrons. The first-order valence-electron chi connectivity index (χ1n) is 8.84. The van der Waals surface area contributed by atoms with Gasteiger partial charge in [-0.05, 0) is 38.2 Å². The fraction of sp³-hybridized carbons (Fsp3) is 0.556. The van der Waals surface area contributed by atoms with Gasteiger partial charge in [0.05, 0.1) is 4.92 Å². The normalized spacial score (nSPS) is 23.9. The molecule has 0 spiro atoms. The number of carbonyl (C=O) groups is 2.